The maximum absolute atomic E-state index is 11.3. The lowest BCUT2D eigenvalue weighted by molar-refractivity contribution is -0.144. The molecule has 1 aliphatic rings. The molecule has 1 rings (SSSR count). The summed E-state index contributed by atoms with van der Waals surface area (Å²) in [6, 6.07) is 0.998. The third-order valence-electron chi connectivity index (χ3n) is 2.15. The Morgan fingerprint density at radius 3 is 2.75 bits per heavy atom. The highest BCUT2D eigenvalue weighted by Gasteiger charge is 2.36. The maximum atomic E-state index is 11.3. The van der Waals surface area contributed by atoms with E-state index >= 15 is 0 Å². The summed E-state index contributed by atoms with van der Waals surface area (Å²) in [4.78, 5) is 11.3. The standard InChI is InChI=1S/C8H17NO2Si/c1-4-11-8(10)7-5-12(2,3)6-9-7/h7,9H,4-6H2,1-3H3/t7-/m1/s1. The average Bonchev–Trinajstić information content (AvgIpc) is 2.31. The van der Waals surface area contributed by atoms with Crippen LogP contribution in [0.4, 0.5) is 0 Å². The average molecular weight is 187 g/mol. The molecule has 1 saturated heterocycles. The topological polar surface area (TPSA) is 38.3 Å². The molecule has 0 aromatic carbocycles. The Bertz CT molecular complexity index is 182. The fraction of sp³-hybridized carbons (Fsp3) is 0.875. The molecule has 4 heteroatoms. The van der Waals surface area contributed by atoms with Crippen LogP contribution < -0.4 is 5.32 Å². The van der Waals surface area contributed by atoms with Crippen LogP contribution in [0.2, 0.25) is 19.1 Å². The van der Waals surface area contributed by atoms with Crippen LogP contribution in [0, 0.1) is 0 Å². The SMILES string of the molecule is CCOC(=O)[C@H]1C[Si](C)(C)CN1. The molecule has 0 amide bonds. The molecule has 0 bridgehead atoms. The van der Waals surface area contributed by atoms with Crippen LogP contribution in [-0.2, 0) is 9.53 Å². The number of rotatable bonds is 2. The molecule has 1 atom stereocenters. The van der Waals surface area contributed by atoms with Gasteiger partial charge in [0.15, 0.2) is 0 Å². The second-order valence-corrected chi connectivity index (χ2v) is 9.14. The number of nitrogens with one attached hydrogen (secondary N) is 1. The number of ether oxygens (including phenoxy) is 1. The molecule has 1 aliphatic heterocycles. The van der Waals surface area contributed by atoms with Crippen molar-refractivity contribution in [3.63, 3.8) is 0 Å². The predicted molar refractivity (Wildman–Crippen MR) is 50.7 cm³/mol. The molecule has 0 radical (unpaired) electrons. The summed E-state index contributed by atoms with van der Waals surface area (Å²) in [5.41, 5.74) is 0. The van der Waals surface area contributed by atoms with E-state index in [2.05, 4.69) is 18.4 Å². The first-order valence-corrected chi connectivity index (χ1v) is 7.86. The molecule has 0 unspecified atom stereocenters. The molecule has 1 fully saturated rings. The maximum Gasteiger partial charge on any atom is 0.322 e. The fourth-order valence-corrected chi connectivity index (χ4v) is 3.87. The van der Waals surface area contributed by atoms with Crippen molar-refractivity contribution >= 4 is 14.0 Å². The van der Waals surface area contributed by atoms with Crippen molar-refractivity contribution in [3.8, 4) is 0 Å². The smallest absolute Gasteiger partial charge is 0.322 e. The summed E-state index contributed by atoms with van der Waals surface area (Å²) < 4.78 is 4.94. The van der Waals surface area contributed by atoms with Crippen molar-refractivity contribution < 1.29 is 9.53 Å². The van der Waals surface area contributed by atoms with Gasteiger partial charge in [0.25, 0.3) is 0 Å². The van der Waals surface area contributed by atoms with Gasteiger partial charge >= 0.3 is 5.97 Å². The third kappa shape index (κ3) is 2.32. The van der Waals surface area contributed by atoms with Gasteiger partial charge in [-0.3, -0.25) is 4.79 Å². The number of carbonyl (C=O) groups is 1. The van der Waals surface area contributed by atoms with E-state index in [1.165, 1.54) is 0 Å². The van der Waals surface area contributed by atoms with E-state index in [1.807, 2.05) is 6.92 Å². The van der Waals surface area contributed by atoms with Crippen molar-refractivity contribution in [1.29, 1.82) is 0 Å². The molecular formula is C8H17NO2Si. The van der Waals surface area contributed by atoms with Gasteiger partial charge in [0.05, 0.1) is 14.7 Å². The van der Waals surface area contributed by atoms with Gasteiger partial charge in [0.1, 0.15) is 6.04 Å². The number of carbonyl (C=O) groups excluding carboxylic acids is 1. The van der Waals surface area contributed by atoms with Crippen LogP contribution in [0.3, 0.4) is 0 Å². The van der Waals surface area contributed by atoms with Gasteiger partial charge in [-0.1, -0.05) is 13.1 Å². The predicted octanol–water partition coefficient (Wildman–Crippen LogP) is 0.769. The largest absolute Gasteiger partial charge is 0.465 e. The van der Waals surface area contributed by atoms with E-state index < -0.39 is 8.07 Å². The van der Waals surface area contributed by atoms with Gasteiger partial charge in [-0.25, -0.2) is 0 Å². The molecule has 1 heterocycles. The summed E-state index contributed by atoms with van der Waals surface area (Å²) in [6.07, 6.45) is 1.04. The van der Waals surface area contributed by atoms with Crippen molar-refractivity contribution in [2.45, 2.75) is 32.1 Å². The molecular weight excluding hydrogens is 170 g/mol. The van der Waals surface area contributed by atoms with Gasteiger partial charge in [-0.2, -0.15) is 0 Å². The first-order valence-electron chi connectivity index (χ1n) is 4.45. The lowest BCUT2D eigenvalue weighted by Crippen LogP contribution is -2.32. The van der Waals surface area contributed by atoms with Crippen molar-refractivity contribution in [2.75, 3.05) is 12.8 Å². The zero-order valence-corrected chi connectivity index (χ0v) is 9.02. The summed E-state index contributed by atoms with van der Waals surface area (Å²) in [7, 11) is -1.11. The van der Waals surface area contributed by atoms with E-state index in [0.29, 0.717) is 6.61 Å². The Hall–Kier alpha value is -0.353. The van der Waals surface area contributed by atoms with E-state index in [-0.39, 0.29) is 12.0 Å². The van der Waals surface area contributed by atoms with Crippen LogP contribution in [0.1, 0.15) is 6.92 Å². The Balaban J connectivity index is 2.41. The van der Waals surface area contributed by atoms with Crippen LogP contribution in [0.15, 0.2) is 0 Å². The molecule has 0 spiro atoms. The van der Waals surface area contributed by atoms with Crippen molar-refractivity contribution in [3.05, 3.63) is 0 Å². The zero-order valence-electron chi connectivity index (χ0n) is 8.02. The highest BCUT2D eigenvalue weighted by atomic mass is 28.3. The molecule has 0 aromatic rings. The summed E-state index contributed by atoms with van der Waals surface area (Å²) in [5, 5.41) is 3.22. The third-order valence-corrected chi connectivity index (χ3v) is 4.83. The van der Waals surface area contributed by atoms with Gasteiger partial charge in [-0.05, 0) is 19.1 Å². The number of hydrogen-bond acceptors (Lipinski definition) is 3. The molecule has 0 saturated carbocycles. The Morgan fingerprint density at radius 2 is 2.33 bits per heavy atom. The summed E-state index contributed by atoms with van der Waals surface area (Å²) in [6.45, 7) is 6.91. The normalized spacial score (nSPS) is 27.1. The van der Waals surface area contributed by atoms with Crippen LogP contribution >= 0.6 is 0 Å². The highest BCUT2D eigenvalue weighted by molar-refractivity contribution is 6.78. The fourth-order valence-electron chi connectivity index (χ4n) is 1.51. The first kappa shape index (κ1) is 9.73. The molecule has 12 heavy (non-hydrogen) atoms. The Morgan fingerprint density at radius 1 is 1.67 bits per heavy atom. The van der Waals surface area contributed by atoms with Crippen LogP contribution in [0.25, 0.3) is 0 Å². The number of hydrogen-bond donors (Lipinski definition) is 1. The minimum Gasteiger partial charge on any atom is -0.465 e. The van der Waals surface area contributed by atoms with E-state index in [0.717, 1.165) is 12.2 Å². The van der Waals surface area contributed by atoms with Crippen molar-refractivity contribution in [2.24, 2.45) is 0 Å². The second kappa shape index (κ2) is 3.58. The molecule has 3 nitrogen and oxygen atoms in total. The Kier molecular flexibility index (Phi) is 2.90. The van der Waals surface area contributed by atoms with Gasteiger partial charge in [0.2, 0.25) is 0 Å². The molecule has 0 aromatic heterocycles. The molecule has 1 N–H and O–H groups in total. The molecule has 70 valence electrons. The monoisotopic (exact) mass is 187 g/mol. The van der Waals surface area contributed by atoms with E-state index in [4.69, 9.17) is 4.74 Å². The number of esters is 1. The van der Waals surface area contributed by atoms with Gasteiger partial charge in [0, 0.05) is 0 Å². The zero-order chi connectivity index (χ0) is 9.19. The van der Waals surface area contributed by atoms with Gasteiger partial charge < -0.3 is 10.1 Å². The molecule has 0 aliphatic carbocycles. The summed E-state index contributed by atoms with van der Waals surface area (Å²) >= 11 is 0. The second-order valence-electron chi connectivity index (χ2n) is 4.05. The lowest BCUT2D eigenvalue weighted by atomic mass is 10.3. The van der Waals surface area contributed by atoms with E-state index in [1.54, 1.807) is 0 Å². The van der Waals surface area contributed by atoms with Crippen LogP contribution in [0.5, 0.6) is 0 Å². The summed E-state index contributed by atoms with van der Waals surface area (Å²) in [5.74, 6) is -0.0735. The minimum absolute atomic E-state index is 0.0217. The van der Waals surface area contributed by atoms with Crippen molar-refractivity contribution in [1.82, 2.24) is 5.32 Å². The Labute approximate surface area is 74.5 Å². The highest BCUT2D eigenvalue weighted by Crippen LogP contribution is 2.18. The van der Waals surface area contributed by atoms with Crippen LogP contribution in [-0.4, -0.2) is 32.9 Å². The van der Waals surface area contributed by atoms with Gasteiger partial charge in [-0.15, -0.1) is 0 Å². The lowest BCUT2D eigenvalue weighted by Gasteiger charge is -2.12. The first-order chi connectivity index (χ1) is 5.55. The minimum atomic E-state index is -1.11. The quantitative estimate of drug-likeness (QED) is 0.512. The van der Waals surface area contributed by atoms with E-state index in [9.17, 15) is 4.79 Å².